The van der Waals surface area contributed by atoms with E-state index in [4.69, 9.17) is 5.73 Å². The van der Waals surface area contributed by atoms with Gasteiger partial charge in [0.2, 0.25) is 5.91 Å². The number of rotatable bonds is 8. The Balaban J connectivity index is 2.66. The average Bonchev–Trinajstić information content (AvgIpc) is 2.45. The van der Waals surface area contributed by atoms with E-state index in [0.29, 0.717) is 6.42 Å². The van der Waals surface area contributed by atoms with E-state index in [9.17, 15) is 4.79 Å². The maximum absolute atomic E-state index is 11.9. The van der Waals surface area contributed by atoms with Crippen LogP contribution < -0.4 is 11.1 Å². The number of nitrogens with two attached hydrogens (primary N) is 1. The normalized spacial score (nSPS) is 12.4. The summed E-state index contributed by atoms with van der Waals surface area (Å²) in [7, 11) is 0. The summed E-state index contributed by atoms with van der Waals surface area (Å²) in [6, 6.07) is 7.56. The molecule has 3 N–H and O–H groups in total. The van der Waals surface area contributed by atoms with Crippen molar-refractivity contribution in [2.24, 2.45) is 5.73 Å². The molecule has 0 aromatic heterocycles. The van der Waals surface area contributed by atoms with Crippen molar-refractivity contribution in [1.82, 2.24) is 4.90 Å². The van der Waals surface area contributed by atoms with Gasteiger partial charge >= 0.3 is 0 Å². The molecule has 0 fully saturated rings. The predicted molar refractivity (Wildman–Crippen MR) is 84.6 cm³/mol. The lowest BCUT2D eigenvalue weighted by atomic mass is 10.1. The molecule has 1 rings (SSSR count). The largest absolute Gasteiger partial charge is 0.325 e. The quantitative estimate of drug-likeness (QED) is 0.768. The topological polar surface area (TPSA) is 58.4 Å². The van der Waals surface area contributed by atoms with E-state index in [2.05, 4.69) is 30.1 Å². The van der Waals surface area contributed by atoms with E-state index in [1.165, 1.54) is 5.56 Å². The standard InChI is InChI=1S/C16H27N3O/c1-4-8-15(17)16(20)18-14-10-7-9-13(11-14)12-19(5-2)6-3/h7,9-11,15H,4-6,8,12,17H2,1-3H3,(H,18,20)/t15-/m1/s1. The Hall–Kier alpha value is -1.39. The first-order valence-electron chi connectivity index (χ1n) is 7.48. The summed E-state index contributed by atoms with van der Waals surface area (Å²) >= 11 is 0. The molecule has 0 aliphatic heterocycles. The lowest BCUT2D eigenvalue weighted by Gasteiger charge is -2.18. The van der Waals surface area contributed by atoms with Crippen LogP contribution in [0.25, 0.3) is 0 Å². The van der Waals surface area contributed by atoms with E-state index < -0.39 is 6.04 Å². The first kappa shape index (κ1) is 16.7. The Bertz CT molecular complexity index is 416. The first-order valence-corrected chi connectivity index (χ1v) is 7.48. The molecule has 4 heteroatoms. The van der Waals surface area contributed by atoms with Crippen LogP contribution in [-0.2, 0) is 11.3 Å². The molecule has 1 atom stereocenters. The van der Waals surface area contributed by atoms with E-state index in [1.54, 1.807) is 0 Å². The van der Waals surface area contributed by atoms with Crippen molar-refractivity contribution in [2.75, 3.05) is 18.4 Å². The average molecular weight is 277 g/mol. The van der Waals surface area contributed by atoms with Gasteiger partial charge in [-0.3, -0.25) is 9.69 Å². The first-order chi connectivity index (χ1) is 9.60. The molecule has 112 valence electrons. The summed E-state index contributed by atoms with van der Waals surface area (Å²) in [4.78, 5) is 14.2. The smallest absolute Gasteiger partial charge is 0.241 e. The summed E-state index contributed by atoms with van der Waals surface area (Å²) in [6.07, 6.45) is 1.63. The zero-order valence-electron chi connectivity index (χ0n) is 12.9. The molecule has 0 unspecified atom stereocenters. The van der Waals surface area contributed by atoms with E-state index in [0.717, 1.165) is 31.7 Å². The summed E-state index contributed by atoms with van der Waals surface area (Å²) in [5.41, 5.74) is 7.85. The molecule has 4 nitrogen and oxygen atoms in total. The van der Waals surface area contributed by atoms with Crippen molar-refractivity contribution in [1.29, 1.82) is 0 Å². The number of amides is 1. The fraction of sp³-hybridized carbons (Fsp3) is 0.562. The van der Waals surface area contributed by atoms with E-state index in [-0.39, 0.29) is 5.91 Å². The third-order valence-corrected chi connectivity index (χ3v) is 3.43. The maximum atomic E-state index is 11.9. The van der Waals surface area contributed by atoms with Gasteiger partial charge in [-0.15, -0.1) is 0 Å². The molecular formula is C16H27N3O. The van der Waals surface area contributed by atoms with Gasteiger partial charge < -0.3 is 11.1 Å². The molecular weight excluding hydrogens is 250 g/mol. The van der Waals surface area contributed by atoms with Crippen LogP contribution in [0, 0.1) is 0 Å². The molecule has 1 aromatic rings. The Morgan fingerprint density at radius 3 is 2.60 bits per heavy atom. The van der Waals surface area contributed by atoms with Gasteiger partial charge in [-0.2, -0.15) is 0 Å². The molecule has 1 amide bonds. The van der Waals surface area contributed by atoms with Crippen LogP contribution in [0.3, 0.4) is 0 Å². The summed E-state index contributed by atoms with van der Waals surface area (Å²) < 4.78 is 0. The molecule has 0 spiro atoms. The van der Waals surface area contributed by atoms with Crippen LogP contribution in [-0.4, -0.2) is 29.9 Å². The molecule has 0 aliphatic rings. The van der Waals surface area contributed by atoms with Crippen LogP contribution in [0.15, 0.2) is 24.3 Å². The molecule has 20 heavy (non-hydrogen) atoms. The van der Waals surface area contributed by atoms with Crippen LogP contribution >= 0.6 is 0 Å². The Labute approximate surface area is 122 Å². The molecule has 0 saturated carbocycles. The highest BCUT2D eigenvalue weighted by molar-refractivity contribution is 5.94. The second kappa shape index (κ2) is 8.72. The van der Waals surface area contributed by atoms with Crippen LogP contribution in [0.2, 0.25) is 0 Å². The van der Waals surface area contributed by atoms with Crippen molar-refractivity contribution in [3.8, 4) is 0 Å². The highest BCUT2D eigenvalue weighted by atomic mass is 16.2. The zero-order valence-corrected chi connectivity index (χ0v) is 12.9. The van der Waals surface area contributed by atoms with Gasteiger partial charge in [0, 0.05) is 12.2 Å². The van der Waals surface area contributed by atoms with Gasteiger partial charge in [0.05, 0.1) is 6.04 Å². The molecule has 0 heterocycles. The SMILES string of the molecule is CCC[C@@H](N)C(=O)Nc1cccc(CN(CC)CC)c1. The lowest BCUT2D eigenvalue weighted by Crippen LogP contribution is -2.35. The van der Waals surface area contributed by atoms with Crippen molar-refractivity contribution in [3.63, 3.8) is 0 Å². The van der Waals surface area contributed by atoms with Gasteiger partial charge in [-0.25, -0.2) is 0 Å². The molecule has 0 saturated heterocycles. The number of nitrogens with one attached hydrogen (secondary N) is 1. The van der Waals surface area contributed by atoms with Crippen molar-refractivity contribution in [3.05, 3.63) is 29.8 Å². The summed E-state index contributed by atoms with van der Waals surface area (Å²) in [5.74, 6) is -0.105. The maximum Gasteiger partial charge on any atom is 0.241 e. The number of carbonyl (C=O) groups is 1. The minimum atomic E-state index is -0.425. The van der Waals surface area contributed by atoms with Gasteiger partial charge in [-0.1, -0.05) is 39.3 Å². The Morgan fingerprint density at radius 2 is 2.00 bits per heavy atom. The molecule has 0 bridgehead atoms. The fourth-order valence-corrected chi connectivity index (χ4v) is 2.13. The Kier molecular flexibility index (Phi) is 7.26. The number of carbonyl (C=O) groups excluding carboxylic acids is 1. The van der Waals surface area contributed by atoms with Crippen LogP contribution in [0.4, 0.5) is 5.69 Å². The van der Waals surface area contributed by atoms with Gasteiger partial charge in [0.1, 0.15) is 0 Å². The second-order valence-electron chi connectivity index (χ2n) is 5.05. The molecule has 0 radical (unpaired) electrons. The fourth-order valence-electron chi connectivity index (χ4n) is 2.13. The number of anilines is 1. The second-order valence-corrected chi connectivity index (χ2v) is 5.05. The highest BCUT2D eigenvalue weighted by Gasteiger charge is 2.12. The highest BCUT2D eigenvalue weighted by Crippen LogP contribution is 2.13. The number of hydrogen-bond acceptors (Lipinski definition) is 3. The lowest BCUT2D eigenvalue weighted by molar-refractivity contribution is -0.117. The Morgan fingerprint density at radius 1 is 1.30 bits per heavy atom. The summed E-state index contributed by atoms with van der Waals surface area (Å²) in [6.45, 7) is 9.27. The number of benzene rings is 1. The number of hydrogen-bond donors (Lipinski definition) is 2. The minimum Gasteiger partial charge on any atom is -0.325 e. The predicted octanol–water partition coefficient (Wildman–Crippen LogP) is 2.59. The van der Waals surface area contributed by atoms with Gasteiger partial charge in [0.25, 0.3) is 0 Å². The third-order valence-electron chi connectivity index (χ3n) is 3.43. The summed E-state index contributed by atoms with van der Waals surface area (Å²) in [5, 5.41) is 2.89. The van der Waals surface area contributed by atoms with E-state index >= 15 is 0 Å². The molecule has 1 aromatic carbocycles. The van der Waals surface area contributed by atoms with E-state index in [1.807, 2.05) is 25.1 Å². The zero-order chi connectivity index (χ0) is 15.0. The monoisotopic (exact) mass is 277 g/mol. The van der Waals surface area contributed by atoms with Crippen molar-refractivity contribution in [2.45, 2.75) is 46.2 Å². The van der Waals surface area contributed by atoms with Gasteiger partial charge in [0.15, 0.2) is 0 Å². The third kappa shape index (κ3) is 5.31. The minimum absolute atomic E-state index is 0.105. The van der Waals surface area contributed by atoms with Crippen molar-refractivity contribution < 1.29 is 4.79 Å². The van der Waals surface area contributed by atoms with Crippen LogP contribution in [0.1, 0.15) is 39.2 Å². The van der Waals surface area contributed by atoms with Crippen molar-refractivity contribution >= 4 is 11.6 Å². The van der Waals surface area contributed by atoms with Gasteiger partial charge in [-0.05, 0) is 37.2 Å². The molecule has 0 aliphatic carbocycles. The van der Waals surface area contributed by atoms with Crippen LogP contribution in [0.5, 0.6) is 0 Å². The number of nitrogens with zero attached hydrogens (tertiary/aromatic N) is 1.